The third kappa shape index (κ3) is 4.74. The number of phenolic OH excluding ortho intramolecular Hbond substituents is 2. The third-order valence-corrected chi connectivity index (χ3v) is 6.39. The van der Waals surface area contributed by atoms with Gasteiger partial charge in [0.1, 0.15) is 11.5 Å². The van der Waals surface area contributed by atoms with Crippen LogP contribution in [0.25, 0.3) is 10.9 Å². The fourth-order valence-corrected chi connectivity index (χ4v) is 4.49. The largest absolute Gasteiger partial charge is 0.508 e. The zero-order chi connectivity index (χ0) is 22.7. The Morgan fingerprint density at radius 3 is 2.66 bits per heavy atom. The second kappa shape index (κ2) is 9.63. The van der Waals surface area contributed by atoms with Crippen LogP contribution in [-0.2, 0) is 6.54 Å². The Hall–Kier alpha value is -3.03. The maximum atomic E-state index is 10.4. The molecule has 1 aromatic heterocycles. The zero-order valence-corrected chi connectivity index (χ0v) is 18.8. The number of aliphatic imine (C=N–C) groups is 1. The van der Waals surface area contributed by atoms with E-state index in [0.29, 0.717) is 11.4 Å². The maximum absolute atomic E-state index is 10.4. The summed E-state index contributed by atoms with van der Waals surface area (Å²) in [6, 6.07) is 11.2. The van der Waals surface area contributed by atoms with Crippen LogP contribution in [0.5, 0.6) is 11.5 Å². The Kier molecular flexibility index (Phi) is 6.67. The molecular weight excluding hydrogens is 402 g/mol. The number of nitrogens with zero attached hydrogens (tertiary/aromatic N) is 2. The van der Waals surface area contributed by atoms with E-state index >= 15 is 0 Å². The molecule has 7 nitrogen and oxygen atoms in total. The van der Waals surface area contributed by atoms with Crippen molar-refractivity contribution in [2.75, 3.05) is 13.1 Å². The molecule has 7 heteroatoms. The van der Waals surface area contributed by atoms with Crippen LogP contribution < -0.4 is 16.6 Å². The van der Waals surface area contributed by atoms with Crippen LogP contribution in [0.3, 0.4) is 0 Å². The highest BCUT2D eigenvalue weighted by molar-refractivity contribution is 6.03. The van der Waals surface area contributed by atoms with Gasteiger partial charge in [-0.15, -0.1) is 0 Å². The Bertz CT molecular complexity index is 1110. The molecule has 6 N–H and O–H groups in total. The minimum absolute atomic E-state index is 0.0601. The van der Waals surface area contributed by atoms with Crippen molar-refractivity contribution < 1.29 is 10.2 Å². The molecule has 170 valence electrons. The summed E-state index contributed by atoms with van der Waals surface area (Å²) in [7, 11) is 0. The van der Waals surface area contributed by atoms with Crippen molar-refractivity contribution in [2.45, 2.75) is 45.6 Å². The van der Waals surface area contributed by atoms with Gasteiger partial charge >= 0.3 is 0 Å². The molecule has 2 aromatic carbocycles. The highest BCUT2D eigenvalue weighted by atomic mass is 16.3. The molecule has 0 unspecified atom stereocenters. The average molecular weight is 436 g/mol. The molecule has 1 aliphatic heterocycles. The molecule has 0 spiro atoms. The minimum atomic E-state index is -0.0752. The van der Waals surface area contributed by atoms with Gasteiger partial charge in [-0.05, 0) is 80.1 Å². The molecular formula is C25H33N5O2. The highest BCUT2D eigenvalue weighted by Crippen LogP contribution is 2.33. The molecule has 1 saturated heterocycles. The molecule has 32 heavy (non-hydrogen) atoms. The number of nitrogens with one attached hydrogen (secondary N) is 2. The van der Waals surface area contributed by atoms with Crippen LogP contribution in [0.4, 0.5) is 5.69 Å². The van der Waals surface area contributed by atoms with E-state index in [4.69, 9.17) is 5.84 Å². The summed E-state index contributed by atoms with van der Waals surface area (Å²) in [6.07, 6.45) is 5.86. The van der Waals surface area contributed by atoms with Gasteiger partial charge in [0.05, 0.1) is 11.3 Å². The van der Waals surface area contributed by atoms with Gasteiger partial charge in [-0.25, -0.2) is 10.8 Å². The molecule has 2 heterocycles. The number of hydrogen-bond donors (Lipinski definition) is 5. The van der Waals surface area contributed by atoms with Crippen LogP contribution in [0.2, 0.25) is 0 Å². The fraction of sp³-hybridized carbons (Fsp3) is 0.400. The van der Waals surface area contributed by atoms with Gasteiger partial charge in [-0.3, -0.25) is 0 Å². The highest BCUT2D eigenvalue weighted by Gasteiger charge is 2.16. The third-order valence-electron chi connectivity index (χ3n) is 6.39. The lowest BCUT2D eigenvalue weighted by atomic mass is 9.95. The van der Waals surface area contributed by atoms with Crippen molar-refractivity contribution in [1.29, 1.82) is 0 Å². The second-order valence-electron chi connectivity index (χ2n) is 8.92. The summed E-state index contributed by atoms with van der Waals surface area (Å²) in [5.74, 6) is 6.96. The van der Waals surface area contributed by atoms with E-state index in [1.807, 2.05) is 26.0 Å². The Labute approximate surface area is 188 Å². The van der Waals surface area contributed by atoms with Crippen LogP contribution in [-0.4, -0.2) is 33.7 Å². The topological polar surface area (TPSA) is 108 Å². The molecule has 0 saturated carbocycles. The monoisotopic (exact) mass is 435 g/mol. The molecule has 1 fully saturated rings. The number of amidine groups is 1. The summed E-state index contributed by atoms with van der Waals surface area (Å²) in [4.78, 5) is 4.64. The Balaban J connectivity index is 1.58. The van der Waals surface area contributed by atoms with Crippen LogP contribution in [0.1, 0.15) is 50.2 Å². The predicted molar refractivity (Wildman–Crippen MR) is 130 cm³/mol. The number of phenols is 2. The predicted octanol–water partition coefficient (Wildman–Crippen LogP) is 4.11. The first-order chi connectivity index (χ1) is 15.5. The van der Waals surface area contributed by atoms with Crippen molar-refractivity contribution >= 4 is 22.4 Å². The van der Waals surface area contributed by atoms with Gasteiger partial charge in [-0.2, -0.15) is 0 Å². The first-order valence-corrected chi connectivity index (χ1v) is 11.4. The second-order valence-corrected chi connectivity index (χ2v) is 8.92. The van der Waals surface area contributed by atoms with Gasteiger partial charge in [0.25, 0.3) is 0 Å². The summed E-state index contributed by atoms with van der Waals surface area (Å²) in [5.41, 5.74) is 5.70. The van der Waals surface area contributed by atoms with E-state index in [0.717, 1.165) is 42.2 Å². The maximum Gasteiger partial charge on any atom is 0.151 e. The van der Waals surface area contributed by atoms with E-state index in [2.05, 4.69) is 38.6 Å². The smallest absolute Gasteiger partial charge is 0.151 e. The van der Waals surface area contributed by atoms with Gasteiger partial charge in [-0.1, -0.05) is 13.8 Å². The number of piperidine rings is 1. The van der Waals surface area contributed by atoms with Crippen LogP contribution >= 0.6 is 0 Å². The number of aromatic hydroxyl groups is 2. The molecule has 3 aromatic rings. The molecule has 4 rings (SSSR count). The van der Waals surface area contributed by atoms with E-state index in [-0.39, 0.29) is 17.4 Å². The number of fused-ring (bicyclic) bond motifs is 1. The Morgan fingerprint density at radius 2 is 1.94 bits per heavy atom. The molecule has 0 aliphatic carbocycles. The van der Waals surface area contributed by atoms with E-state index < -0.39 is 0 Å². The number of nitrogens with two attached hydrogens (primary N) is 1. The lowest BCUT2D eigenvalue weighted by molar-refractivity contribution is 0.339. The zero-order valence-electron chi connectivity index (χ0n) is 18.8. The minimum Gasteiger partial charge on any atom is -0.508 e. The van der Waals surface area contributed by atoms with Crippen molar-refractivity contribution in [2.24, 2.45) is 16.8 Å². The summed E-state index contributed by atoms with van der Waals surface area (Å²) in [6.45, 7) is 7.24. The number of rotatable bonds is 6. The SMILES string of the molecule is CC(C)c1cc(C(=Nc2ccc3c(ccn3CCC3CCNCC3)c2)NN)c(O)cc1O. The Morgan fingerprint density at radius 1 is 1.16 bits per heavy atom. The fourth-order valence-electron chi connectivity index (χ4n) is 4.49. The summed E-state index contributed by atoms with van der Waals surface area (Å²) >= 11 is 0. The first kappa shape index (κ1) is 22.2. The normalized spacial score (nSPS) is 15.6. The van der Waals surface area contributed by atoms with Crippen LogP contribution in [0.15, 0.2) is 47.6 Å². The summed E-state index contributed by atoms with van der Waals surface area (Å²) in [5, 5.41) is 25.0. The van der Waals surface area contributed by atoms with Crippen molar-refractivity contribution in [3.63, 3.8) is 0 Å². The number of hydrogen-bond acceptors (Lipinski definition) is 5. The van der Waals surface area contributed by atoms with Crippen molar-refractivity contribution in [3.05, 3.63) is 53.7 Å². The number of hydrazine groups is 1. The quantitative estimate of drug-likeness (QED) is 0.173. The molecule has 0 radical (unpaired) electrons. The van der Waals surface area contributed by atoms with E-state index in [9.17, 15) is 10.2 Å². The lowest BCUT2D eigenvalue weighted by Gasteiger charge is -2.22. The molecule has 0 amide bonds. The summed E-state index contributed by atoms with van der Waals surface area (Å²) < 4.78 is 2.31. The molecule has 0 atom stereocenters. The van der Waals surface area contributed by atoms with Gasteiger partial charge in [0, 0.05) is 29.7 Å². The number of aromatic nitrogens is 1. The standard InChI is InChI=1S/C25H33N5O2/c1-16(2)20-14-21(24(32)15-23(20)31)25(29-26)28-19-3-4-22-18(13-19)8-12-30(22)11-7-17-5-9-27-10-6-17/h3-4,8,12-17,27,31-32H,5-7,9-11,26H2,1-2H3,(H,28,29). The first-order valence-electron chi connectivity index (χ1n) is 11.4. The van der Waals surface area contributed by atoms with Gasteiger partial charge in [0.2, 0.25) is 0 Å². The lowest BCUT2D eigenvalue weighted by Crippen LogP contribution is -2.31. The van der Waals surface area contributed by atoms with Gasteiger partial charge in [0.15, 0.2) is 5.84 Å². The van der Waals surface area contributed by atoms with Crippen molar-refractivity contribution in [3.8, 4) is 11.5 Å². The number of benzene rings is 2. The van der Waals surface area contributed by atoms with E-state index in [1.165, 1.54) is 30.8 Å². The van der Waals surface area contributed by atoms with Crippen molar-refractivity contribution in [1.82, 2.24) is 15.3 Å². The van der Waals surface area contributed by atoms with Gasteiger partial charge < -0.3 is 25.5 Å². The molecule has 1 aliphatic rings. The average Bonchev–Trinajstić information content (AvgIpc) is 3.19. The molecule has 0 bridgehead atoms. The van der Waals surface area contributed by atoms with E-state index in [1.54, 1.807) is 6.07 Å². The number of aryl methyl sites for hydroxylation is 1. The van der Waals surface area contributed by atoms with Crippen LogP contribution in [0, 0.1) is 5.92 Å².